The van der Waals surface area contributed by atoms with Crippen molar-refractivity contribution in [1.82, 2.24) is 10.2 Å². The summed E-state index contributed by atoms with van der Waals surface area (Å²) in [5.74, 6) is 0.805. The van der Waals surface area contributed by atoms with Gasteiger partial charge in [0.25, 0.3) is 0 Å². The second kappa shape index (κ2) is 10.2. The number of likely N-dealkylation sites (tertiary alicyclic amines) is 1. The van der Waals surface area contributed by atoms with Gasteiger partial charge in [0.1, 0.15) is 0 Å². The maximum absolute atomic E-state index is 12.5. The van der Waals surface area contributed by atoms with Crippen molar-refractivity contribution in [2.75, 3.05) is 26.2 Å². The lowest BCUT2D eigenvalue weighted by Gasteiger charge is -2.32. The third kappa shape index (κ3) is 5.52. The first kappa shape index (κ1) is 20.3. The zero-order valence-corrected chi connectivity index (χ0v) is 16.7. The molecule has 0 atom stereocenters. The van der Waals surface area contributed by atoms with E-state index in [2.05, 4.69) is 24.4 Å². The Morgan fingerprint density at radius 2 is 1.57 bits per heavy atom. The molecule has 148 valence electrons. The van der Waals surface area contributed by atoms with Gasteiger partial charge in [-0.25, -0.2) is 0 Å². The summed E-state index contributed by atoms with van der Waals surface area (Å²) in [6.07, 6.45) is 2.68. The van der Waals surface area contributed by atoms with E-state index in [-0.39, 0.29) is 18.1 Å². The van der Waals surface area contributed by atoms with Crippen LogP contribution in [-0.4, -0.2) is 42.8 Å². The molecular formula is C24H30N2O2. The number of hydrogen-bond acceptors (Lipinski definition) is 3. The van der Waals surface area contributed by atoms with Crippen LogP contribution in [0.3, 0.4) is 0 Å². The topological polar surface area (TPSA) is 49.4 Å². The Labute approximate surface area is 167 Å². The molecule has 4 heteroatoms. The van der Waals surface area contributed by atoms with Crippen LogP contribution in [-0.2, 0) is 4.79 Å². The molecule has 1 saturated heterocycles. The van der Waals surface area contributed by atoms with Crippen LogP contribution in [0.25, 0.3) is 11.1 Å². The lowest BCUT2D eigenvalue weighted by Crippen LogP contribution is -2.40. The maximum atomic E-state index is 12.5. The summed E-state index contributed by atoms with van der Waals surface area (Å²) in [7, 11) is 0. The highest BCUT2D eigenvalue weighted by atomic mass is 16.2. The summed E-state index contributed by atoms with van der Waals surface area (Å²) in [5.41, 5.74) is 2.90. The number of nitrogens with one attached hydrogen (secondary N) is 1. The predicted molar refractivity (Wildman–Crippen MR) is 113 cm³/mol. The van der Waals surface area contributed by atoms with E-state index < -0.39 is 0 Å². The van der Waals surface area contributed by atoms with Gasteiger partial charge >= 0.3 is 0 Å². The fourth-order valence-electron chi connectivity index (χ4n) is 3.74. The maximum Gasteiger partial charge on any atom is 0.223 e. The molecule has 0 bridgehead atoms. The largest absolute Gasteiger partial charge is 0.343 e. The third-order valence-corrected chi connectivity index (χ3v) is 5.53. The number of nitrogens with zero attached hydrogens (tertiary/aromatic N) is 1. The molecule has 0 aromatic heterocycles. The molecule has 1 heterocycles. The van der Waals surface area contributed by atoms with Gasteiger partial charge in [0, 0.05) is 31.5 Å². The van der Waals surface area contributed by atoms with Crippen LogP contribution in [0.15, 0.2) is 54.6 Å². The summed E-state index contributed by atoms with van der Waals surface area (Å²) in [5, 5.41) is 3.39. The number of rotatable bonds is 8. The zero-order valence-electron chi connectivity index (χ0n) is 16.7. The number of Topliss-reactive ketones (excluding diaryl/α,β-unsaturated/α-hetero) is 1. The highest BCUT2D eigenvalue weighted by Crippen LogP contribution is 2.21. The van der Waals surface area contributed by atoms with Crippen LogP contribution >= 0.6 is 0 Å². The molecule has 3 rings (SSSR count). The number of hydrogen-bond donors (Lipinski definition) is 1. The molecule has 1 aliphatic rings. The van der Waals surface area contributed by atoms with Crippen LogP contribution in [0.5, 0.6) is 0 Å². The smallest absolute Gasteiger partial charge is 0.223 e. The molecule has 0 aliphatic carbocycles. The van der Waals surface area contributed by atoms with Crippen molar-refractivity contribution >= 4 is 11.7 Å². The molecule has 0 saturated carbocycles. The number of amides is 1. The van der Waals surface area contributed by atoms with Crippen molar-refractivity contribution in [3.8, 4) is 11.1 Å². The van der Waals surface area contributed by atoms with E-state index in [0.29, 0.717) is 17.9 Å². The summed E-state index contributed by atoms with van der Waals surface area (Å²) in [6, 6.07) is 17.8. The molecule has 0 radical (unpaired) electrons. The van der Waals surface area contributed by atoms with Crippen LogP contribution in [0.4, 0.5) is 0 Å². The summed E-state index contributed by atoms with van der Waals surface area (Å²) < 4.78 is 0. The van der Waals surface area contributed by atoms with Gasteiger partial charge in [-0.1, -0.05) is 61.5 Å². The highest BCUT2D eigenvalue weighted by Gasteiger charge is 2.22. The highest BCUT2D eigenvalue weighted by molar-refractivity contribution is 5.98. The van der Waals surface area contributed by atoms with Crippen molar-refractivity contribution < 1.29 is 9.59 Å². The van der Waals surface area contributed by atoms with Gasteiger partial charge in [0.15, 0.2) is 5.78 Å². The summed E-state index contributed by atoms with van der Waals surface area (Å²) >= 11 is 0. The minimum absolute atomic E-state index is 0.0370. The van der Waals surface area contributed by atoms with Gasteiger partial charge in [-0.05, 0) is 43.0 Å². The lowest BCUT2D eigenvalue weighted by molar-refractivity contribution is -0.132. The standard InChI is InChI=1S/C24H30N2O2/c1-2-25-18-19-14-16-26(17-15-19)24(28)13-12-23(27)22-10-8-21(9-11-22)20-6-4-3-5-7-20/h3-11,19,25H,2,12-18H2,1H3. The average Bonchev–Trinajstić information content (AvgIpc) is 2.77. The number of benzene rings is 2. The van der Waals surface area contributed by atoms with Crippen LogP contribution < -0.4 is 5.32 Å². The van der Waals surface area contributed by atoms with Crippen molar-refractivity contribution in [3.63, 3.8) is 0 Å². The molecule has 2 aromatic carbocycles. The molecule has 0 spiro atoms. The van der Waals surface area contributed by atoms with Crippen molar-refractivity contribution in [1.29, 1.82) is 0 Å². The van der Waals surface area contributed by atoms with Crippen molar-refractivity contribution in [2.24, 2.45) is 5.92 Å². The molecule has 1 amide bonds. The fraction of sp³-hybridized carbons (Fsp3) is 0.417. The number of carbonyl (C=O) groups excluding carboxylic acids is 2. The van der Waals surface area contributed by atoms with Crippen molar-refractivity contribution in [2.45, 2.75) is 32.6 Å². The molecular weight excluding hydrogens is 348 g/mol. The minimum Gasteiger partial charge on any atom is -0.343 e. The Kier molecular flexibility index (Phi) is 7.38. The molecule has 1 fully saturated rings. The Balaban J connectivity index is 1.46. The van der Waals surface area contributed by atoms with E-state index in [1.165, 1.54) is 0 Å². The average molecular weight is 379 g/mol. The van der Waals surface area contributed by atoms with E-state index in [1.54, 1.807) is 0 Å². The van der Waals surface area contributed by atoms with Crippen LogP contribution in [0, 0.1) is 5.92 Å². The lowest BCUT2D eigenvalue weighted by atomic mass is 9.96. The Bertz CT molecular complexity index is 763. The molecule has 1 aliphatic heterocycles. The first-order valence-electron chi connectivity index (χ1n) is 10.3. The number of ketones is 1. The minimum atomic E-state index is 0.0370. The monoisotopic (exact) mass is 378 g/mol. The molecule has 4 nitrogen and oxygen atoms in total. The van der Waals surface area contributed by atoms with E-state index >= 15 is 0 Å². The fourth-order valence-corrected chi connectivity index (χ4v) is 3.74. The van der Waals surface area contributed by atoms with Crippen LogP contribution in [0.2, 0.25) is 0 Å². The SMILES string of the molecule is CCNCC1CCN(C(=O)CCC(=O)c2ccc(-c3ccccc3)cc2)CC1. The van der Waals surface area contributed by atoms with Gasteiger partial charge in [-0.2, -0.15) is 0 Å². The first-order valence-corrected chi connectivity index (χ1v) is 10.3. The zero-order chi connectivity index (χ0) is 19.8. The molecule has 28 heavy (non-hydrogen) atoms. The second-order valence-corrected chi connectivity index (χ2v) is 7.50. The number of carbonyl (C=O) groups is 2. The van der Waals surface area contributed by atoms with Gasteiger partial charge in [-0.3, -0.25) is 9.59 Å². The molecule has 1 N–H and O–H groups in total. The van der Waals surface area contributed by atoms with E-state index in [1.807, 2.05) is 47.4 Å². The third-order valence-electron chi connectivity index (χ3n) is 5.53. The normalized spacial score (nSPS) is 14.8. The Morgan fingerprint density at radius 3 is 2.21 bits per heavy atom. The summed E-state index contributed by atoms with van der Waals surface area (Å²) in [6.45, 7) is 5.78. The van der Waals surface area contributed by atoms with Gasteiger partial charge in [-0.15, -0.1) is 0 Å². The quantitative estimate of drug-likeness (QED) is 0.702. The summed E-state index contributed by atoms with van der Waals surface area (Å²) in [4.78, 5) is 26.8. The Hall–Kier alpha value is -2.46. The van der Waals surface area contributed by atoms with Crippen LogP contribution in [0.1, 0.15) is 43.0 Å². The first-order chi connectivity index (χ1) is 13.7. The van der Waals surface area contributed by atoms with Gasteiger partial charge < -0.3 is 10.2 Å². The molecule has 2 aromatic rings. The Morgan fingerprint density at radius 1 is 0.929 bits per heavy atom. The van der Waals surface area contributed by atoms with Gasteiger partial charge in [0.2, 0.25) is 5.91 Å². The number of piperidine rings is 1. The van der Waals surface area contributed by atoms with E-state index in [4.69, 9.17) is 0 Å². The van der Waals surface area contributed by atoms with E-state index in [9.17, 15) is 9.59 Å². The van der Waals surface area contributed by atoms with Crippen molar-refractivity contribution in [3.05, 3.63) is 60.2 Å². The second-order valence-electron chi connectivity index (χ2n) is 7.50. The predicted octanol–water partition coefficient (Wildman–Crippen LogP) is 4.16. The van der Waals surface area contributed by atoms with E-state index in [0.717, 1.165) is 50.1 Å². The molecule has 0 unspecified atom stereocenters. The van der Waals surface area contributed by atoms with Gasteiger partial charge in [0.05, 0.1) is 0 Å².